The van der Waals surface area contributed by atoms with Crippen LogP contribution in [0.25, 0.3) is 0 Å². The molecule has 1 atom stereocenters. The van der Waals surface area contributed by atoms with Crippen molar-refractivity contribution in [3.05, 3.63) is 62.3 Å². The lowest BCUT2D eigenvalue weighted by molar-refractivity contribution is 0.546. The molecule has 0 aliphatic carbocycles. The van der Waals surface area contributed by atoms with Gasteiger partial charge in [0.25, 0.3) is 0 Å². The van der Waals surface area contributed by atoms with E-state index in [1.807, 2.05) is 12.4 Å². The van der Waals surface area contributed by atoms with E-state index >= 15 is 0 Å². The summed E-state index contributed by atoms with van der Waals surface area (Å²) in [5.74, 6) is 0. The first-order valence-electron chi connectivity index (χ1n) is 6.69. The topological polar surface area (TPSA) is 24.9 Å². The number of likely N-dealkylation sites (N-methyl/N-ethyl adjacent to an activating group) is 1. The lowest BCUT2D eigenvalue weighted by atomic mass is 9.96. The highest BCUT2D eigenvalue weighted by Gasteiger charge is 2.14. The molecule has 1 N–H and O–H groups in total. The number of nitrogens with zero attached hydrogens (tertiary/aromatic N) is 1. The molecule has 2 aromatic rings. The summed E-state index contributed by atoms with van der Waals surface area (Å²) in [4.78, 5) is 4.25. The minimum atomic E-state index is 0.309. The van der Waals surface area contributed by atoms with Crippen LogP contribution < -0.4 is 5.32 Å². The van der Waals surface area contributed by atoms with Crippen molar-refractivity contribution in [1.82, 2.24) is 10.3 Å². The van der Waals surface area contributed by atoms with E-state index in [0.717, 1.165) is 21.9 Å². The Morgan fingerprint density at radius 1 is 1.15 bits per heavy atom. The SMILES string of the molecule is CCNC(Cc1cncc(Br)c1)c1ccc(Br)cc1C. The number of benzene rings is 1. The van der Waals surface area contributed by atoms with Gasteiger partial charge in [0.2, 0.25) is 0 Å². The maximum atomic E-state index is 4.25. The van der Waals surface area contributed by atoms with Crippen molar-refractivity contribution in [3.63, 3.8) is 0 Å². The summed E-state index contributed by atoms with van der Waals surface area (Å²) in [7, 11) is 0. The van der Waals surface area contributed by atoms with Gasteiger partial charge < -0.3 is 5.32 Å². The van der Waals surface area contributed by atoms with Gasteiger partial charge in [-0.25, -0.2) is 0 Å². The number of halogens is 2. The fourth-order valence-corrected chi connectivity index (χ4v) is 3.26. The largest absolute Gasteiger partial charge is 0.310 e. The van der Waals surface area contributed by atoms with Gasteiger partial charge in [-0.15, -0.1) is 0 Å². The van der Waals surface area contributed by atoms with E-state index < -0.39 is 0 Å². The van der Waals surface area contributed by atoms with Crippen molar-refractivity contribution in [3.8, 4) is 0 Å². The Labute approximate surface area is 137 Å². The lowest BCUT2D eigenvalue weighted by Gasteiger charge is -2.20. The highest BCUT2D eigenvalue weighted by Crippen LogP contribution is 2.25. The first kappa shape index (κ1) is 15.7. The molecule has 1 unspecified atom stereocenters. The first-order chi connectivity index (χ1) is 9.60. The van der Waals surface area contributed by atoms with E-state index in [1.165, 1.54) is 16.7 Å². The molecule has 1 aromatic heterocycles. The quantitative estimate of drug-likeness (QED) is 0.782. The van der Waals surface area contributed by atoms with Gasteiger partial charge in [0, 0.05) is 27.4 Å². The highest BCUT2D eigenvalue weighted by molar-refractivity contribution is 9.10. The van der Waals surface area contributed by atoms with Crippen LogP contribution in [-0.2, 0) is 6.42 Å². The number of hydrogen-bond donors (Lipinski definition) is 1. The predicted octanol–water partition coefficient (Wildman–Crippen LogP) is 4.81. The van der Waals surface area contributed by atoms with Gasteiger partial charge in [0.1, 0.15) is 0 Å². The fourth-order valence-electron chi connectivity index (χ4n) is 2.37. The first-order valence-corrected chi connectivity index (χ1v) is 8.27. The van der Waals surface area contributed by atoms with Crippen LogP contribution in [0.5, 0.6) is 0 Å². The minimum Gasteiger partial charge on any atom is -0.310 e. The van der Waals surface area contributed by atoms with Gasteiger partial charge >= 0.3 is 0 Å². The third kappa shape index (κ3) is 4.14. The summed E-state index contributed by atoms with van der Waals surface area (Å²) in [5, 5.41) is 3.57. The molecule has 0 saturated carbocycles. The molecule has 0 amide bonds. The molecule has 106 valence electrons. The maximum absolute atomic E-state index is 4.25. The highest BCUT2D eigenvalue weighted by atomic mass is 79.9. The summed E-state index contributed by atoms with van der Waals surface area (Å²) in [6.45, 7) is 5.24. The molecule has 0 aliphatic rings. The number of rotatable bonds is 5. The van der Waals surface area contributed by atoms with Gasteiger partial charge in [-0.2, -0.15) is 0 Å². The Morgan fingerprint density at radius 2 is 1.95 bits per heavy atom. The van der Waals surface area contributed by atoms with E-state index in [9.17, 15) is 0 Å². The van der Waals surface area contributed by atoms with E-state index in [1.54, 1.807) is 0 Å². The zero-order chi connectivity index (χ0) is 14.5. The molecule has 0 bridgehead atoms. The Hall–Kier alpha value is -0.710. The fraction of sp³-hybridized carbons (Fsp3) is 0.312. The second-order valence-corrected chi connectivity index (χ2v) is 6.66. The lowest BCUT2D eigenvalue weighted by Crippen LogP contribution is -2.23. The van der Waals surface area contributed by atoms with Crippen LogP contribution in [-0.4, -0.2) is 11.5 Å². The molecule has 0 radical (unpaired) electrons. The summed E-state index contributed by atoms with van der Waals surface area (Å²) in [5.41, 5.74) is 3.87. The number of aryl methyl sites for hydroxylation is 1. The Kier molecular flexibility index (Phi) is 5.75. The Balaban J connectivity index is 2.26. The van der Waals surface area contributed by atoms with Crippen LogP contribution in [0.3, 0.4) is 0 Å². The van der Waals surface area contributed by atoms with Crippen LogP contribution in [0, 0.1) is 6.92 Å². The molecule has 0 spiro atoms. The van der Waals surface area contributed by atoms with Gasteiger partial charge in [0.05, 0.1) is 0 Å². The van der Waals surface area contributed by atoms with Gasteiger partial charge in [-0.1, -0.05) is 28.9 Å². The number of pyridine rings is 1. The van der Waals surface area contributed by atoms with E-state index in [-0.39, 0.29) is 0 Å². The van der Waals surface area contributed by atoms with Gasteiger partial charge in [-0.05, 0) is 70.7 Å². The molecule has 0 fully saturated rings. The monoisotopic (exact) mass is 396 g/mol. The van der Waals surface area contributed by atoms with Crippen molar-refractivity contribution >= 4 is 31.9 Å². The van der Waals surface area contributed by atoms with E-state index in [4.69, 9.17) is 0 Å². The average Bonchev–Trinajstić information content (AvgIpc) is 2.38. The number of aromatic nitrogens is 1. The summed E-state index contributed by atoms with van der Waals surface area (Å²) < 4.78 is 2.15. The van der Waals surface area contributed by atoms with Crippen molar-refractivity contribution < 1.29 is 0 Å². The molecule has 1 aromatic carbocycles. The van der Waals surface area contributed by atoms with Gasteiger partial charge in [-0.3, -0.25) is 4.98 Å². The molecule has 1 heterocycles. The average molecular weight is 398 g/mol. The zero-order valence-electron chi connectivity index (χ0n) is 11.7. The van der Waals surface area contributed by atoms with E-state index in [2.05, 4.69) is 80.3 Å². The smallest absolute Gasteiger partial charge is 0.0410 e. The molecular weight excluding hydrogens is 380 g/mol. The van der Waals surface area contributed by atoms with E-state index in [0.29, 0.717) is 6.04 Å². The summed E-state index contributed by atoms with van der Waals surface area (Å²) in [6, 6.07) is 8.90. The predicted molar refractivity (Wildman–Crippen MR) is 90.9 cm³/mol. The van der Waals surface area contributed by atoms with Crippen molar-refractivity contribution in [2.75, 3.05) is 6.54 Å². The number of nitrogens with one attached hydrogen (secondary N) is 1. The van der Waals surface area contributed by atoms with Crippen molar-refractivity contribution in [2.45, 2.75) is 26.3 Å². The second kappa shape index (κ2) is 7.34. The Morgan fingerprint density at radius 3 is 2.60 bits per heavy atom. The molecule has 2 nitrogen and oxygen atoms in total. The normalized spacial score (nSPS) is 12.4. The van der Waals surface area contributed by atoms with Crippen LogP contribution in [0.2, 0.25) is 0 Å². The van der Waals surface area contributed by atoms with Crippen LogP contribution in [0.4, 0.5) is 0 Å². The standard InChI is InChI=1S/C16H18Br2N2/c1-3-20-16(8-12-7-14(18)10-19-9-12)15-5-4-13(17)6-11(15)2/h4-7,9-10,16,20H,3,8H2,1-2H3. The zero-order valence-corrected chi connectivity index (χ0v) is 14.8. The van der Waals surface area contributed by atoms with Crippen LogP contribution in [0.1, 0.15) is 29.7 Å². The Bertz CT molecular complexity index is 584. The molecule has 0 saturated heterocycles. The van der Waals surface area contributed by atoms with Crippen molar-refractivity contribution in [2.24, 2.45) is 0 Å². The molecule has 4 heteroatoms. The third-order valence-electron chi connectivity index (χ3n) is 3.26. The minimum absolute atomic E-state index is 0.309. The molecule has 2 rings (SSSR count). The summed E-state index contributed by atoms with van der Waals surface area (Å²) >= 11 is 7.01. The van der Waals surface area contributed by atoms with Crippen LogP contribution in [0.15, 0.2) is 45.6 Å². The second-order valence-electron chi connectivity index (χ2n) is 4.83. The summed E-state index contributed by atoms with van der Waals surface area (Å²) in [6.07, 6.45) is 4.68. The van der Waals surface area contributed by atoms with Crippen LogP contribution >= 0.6 is 31.9 Å². The maximum Gasteiger partial charge on any atom is 0.0410 e. The third-order valence-corrected chi connectivity index (χ3v) is 4.19. The van der Waals surface area contributed by atoms with Crippen molar-refractivity contribution in [1.29, 1.82) is 0 Å². The molecular formula is C16H18Br2N2. The molecule has 20 heavy (non-hydrogen) atoms. The number of hydrogen-bond acceptors (Lipinski definition) is 2. The molecule has 0 aliphatic heterocycles. The van der Waals surface area contributed by atoms with Gasteiger partial charge in [0.15, 0.2) is 0 Å².